The van der Waals surface area contributed by atoms with E-state index in [1.807, 2.05) is 85.9 Å². The molecule has 1 heteroatoms. The Kier molecular flexibility index (Phi) is 18.5. The van der Waals surface area contributed by atoms with E-state index >= 15 is 0 Å². The lowest BCUT2D eigenvalue weighted by Gasteiger charge is -2.37. The molecular formula is C55H55N. The molecule has 280 valence electrons. The summed E-state index contributed by atoms with van der Waals surface area (Å²) >= 11 is 0. The van der Waals surface area contributed by atoms with Gasteiger partial charge in [-0.25, -0.2) is 0 Å². The lowest BCUT2D eigenvalue weighted by atomic mass is 9.65. The molecular weight excluding hydrogens is 675 g/mol. The Morgan fingerprint density at radius 1 is 0.589 bits per heavy atom. The van der Waals surface area contributed by atoms with Gasteiger partial charge in [0, 0.05) is 11.1 Å². The van der Waals surface area contributed by atoms with Crippen molar-refractivity contribution in [3.05, 3.63) is 283 Å². The van der Waals surface area contributed by atoms with E-state index in [4.69, 9.17) is 12.3 Å². The van der Waals surface area contributed by atoms with Crippen LogP contribution in [-0.2, 0) is 18.3 Å². The van der Waals surface area contributed by atoms with Gasteiger partial charge >= 0.3 is 0 Å². The molecule has 0 saturated carbocycles. The highest BCUT2D eigenvalue weighted by Gasteiger charge is 2.38. The van der Waals surface area contributed by atoms with Crippen LogP contribution in [0.2, 0.25) is 0 Å². The molecule has 0 aromatic heterocycles. The maximum absolute atomic E-state index is 6.05. The third kappa shape index (κ3) is 13.3. The number of nitrogens with two attached hydrogens (primary N) is 1. The summed E-state index contributed by atoms with van der Waals surface area (Å²) in [5.74, 6) is 0. The van der Waals surface area contributed by atoms with Gasteiger partial charge in [-0.2, -0.15) is 0 Å². The van der Waals surface area contributed by atoms with Gasteiger partial charge in [0.05, 0.1) is 0 Å². The molecule has 1 atom stereocenters. The number of rotatable bonds is 12. The number of para-hydroxylation sites is 1. The van der Waals surface area contributed by atoms with Crippen LogP contribution in [0, 0.1) is 0 Å². The number of benzene rings is 2. The molecule has 1 nitrogen and oxygen atoms in total. The number of allylic oxidation sites excluding steroid dienone is 16. The second-order valence-corrected chi connectivity index (χ2v) is 13.1. The summed E-state index contributed by atoms with van der Waals surface area (Å²) in [5, 5.41) is 0. The minimum Gasteiger partial charge on any atom is -0.398 e. The van der Waals surface area contributed by atoms with Crippen molar-refractivity contribution in [3.63, 3.8) is 0 Å². The van der Waals surface area contributed by atoms with Gasteiger partial charge in [0.15, 0.2) is 0 Å². The van der Waals surface area contributed by atoms with E-state index in [2.05, 4.69) is 164 Å². The Morgan fingerprint density at radius 2 is 1.16 bits per heavy atom. The van der Waals surface area contributed by atoms with Gasteiger partial charge in [0.25, 0.3) is 0 Å². The first-order valence-corrected chi connectivity index (χ1v) is 19.3. The summed E-state index contributed by atoms with van der Waals surface area (Å²) < 4.78 is 0. The van der Waals surface area contributed by atoms with Crippen molar-refractivity contribution < 1.29 is 0 Å². The Labute approximate surface area is 336 Å². The summed E-state index contributed by atoms with van der Waals surface area (Å²) in [6, 6.07) is 48.4. The zero-order chi connectivity index (χ0) is 39.5. The first-order valence-electron chi connectivity index (χ1n) is 19.3. The first kappa shape index (κ1) is 42.0. The van der Waals surface area contributed by atoms with Gasteiger partial charge in [-0.1, -0.05) is 250 Å². The molecule has 56 heavy (non-hydrogen) atoms. The molecule has 0 bridgehead atoms. The Bertz CT molecular complexity index is 2200. The van der Waals surface area contributed by atoms with Crippen LogP contribution >= 0.6 is 0 Å². The van der Waals surface area contributed by atoms with Crippen LogP contribution in [0.3, 0.4) is 0 Å². The normalized spacial score (nSPS) is 15.2. The summed E-state index contributed by atoms with van der Waals surface area (Å²) in [6.07, 6.45) is 37.7. The Hall–Kier alpha value is -6.70. The number of hydrogen-bond acceptors (Lipinski definition) is 1. The van der Waals surface area contributed by atoms with E-state index in [9.17, 15) is 0 Å². The van der Waals surface area contributed by atoms with Crippen molar-refractivity contribution in [1.82, 2.24) is 0 Å². The second-order valence-electron chi connectivity index (χ2n) is 13.1. The van der Waals surface area contributed by atoms with Crippen molar-refractivity contribution in [3.8, 4) is 0 Å². The molecule has 0 heterocycles. The van der Waals surface area contributed by atoms with Gasteiger partial charge in [-0.3, -0.25) is 0 Å². The molecule has 0 fully saturated rings. The Balaban J connectivity index is 1.82. The molecule has 1 aliphatic rings. The van der Waals surface area contributed by atoms with Crippen LogP contribution in [0.1, 0.15) is 46.7 Å². The maximum Gasteiger partial charge on any atom is 0.0488 e. The molecule has 4 rings (SSSR count). The molecule has 3 aromatic rings. The predicted octanol–water partition coefficient (Wildman–Crippen LogP) is 14.2. The van der Waals surface area contributed by atoms with Crippen LogP contribution in [-0.4, -0.2) is 0 Å². The van der Waals surface area contributed by atoms with Crippen LogP contribution in [0.4, 0.5) is 5.69 Å². The molecule has 0 amide bonds. The van der Waals surface area contributed by atoms with Gasteiger partial charge in [0.1, 0.15) is 0 Å². The van der Waals surface area contributed by atoms with Crippen LogP contribution in [0.25, 0.3) is 12.2 Å². The number of fused-ring (bicyclic) bond motifs is 1. The number of anilines is 1. The van der Waals surface area contributed by atoms with E-state index in [0.717, 1.165) is 41.6 Å². The highest BCUT2D eigenvalue weighted by molar-refractivity contribution is 5.66. The molecule has 0 saturated heterocycles. The Morgan fingerprint density at radius 3 is 1.89 bits per heavy atom. The zero-order valence-electron chi connectivity index (χ0n) is 32.7. The lowest BCUT2D eigenvalue weighted by molar-refractivity contribution is 0.627. The van der Waals surface area contributed by atoms with E-state index < -0.39 is 5.41 Å². The van der Waals surface area contributed by atoms with Crippen LogP contribution < -0.4 is 5.73 Å². The summed E-state index contributed by atoms with van der Waals surface area (Å²) in [6.45, 7) is 10.6. The van der Waals surface area contributed by atoms with Crippen molar-refractivity contribution in [2.45, 2.75) is 31.6 Å². The van der Waals surface area contributed by atoms with Crippen molar-refractivity contribution in [2.75, 3.05) is 5.73 Å². The number of hydrogen-bond donors (Lipinski definition) is 1. The summed E-state index contributed by atoms with van der Waals surface area (Å²) in [4.78, 5) is 0. The second kappa shape index (κ2) is 24.6. The molecule has 1 unspecified atom stereocenters. The fraction of sp³-hybridized carbons (Fsp3) is 0.0909. The van der Waals surface area contributed by atoms with Gasteiger partial charge in [-0.15, -0.1) is 0 Å². The van der Waals surface area contributed by atoms with Crippen LogP contribution in [0.15, 0.2) is 249 Å². The average Bonchev–Trinajstić information content (AvgIpc) is 3.39. The van der Waals surface area contributed by atoms with E-state index in [-0.39, 0.29) is 0 Å². The summed E-state index contributed by atoms with van der Waals surface area (Å²) in [7, 11) is 0. The molecule has 0 spiro atoms. The monoisotopic (exact) mass is 729 g/mol. The molecule has 0 radical (unpaired) electrons. The van der Waals surface area contributed by atoms with Crippen molar-refractivity contribution in [1.29, 1.82) is 0 Å². The van der Waals surface area contributed by atoms with Crippen molar-refractivity contribution in [2.24, 2.45) is 0 Å². The average molecular weight is 730 g/mol. The van der Waals surface area contributed by atoms with E-state index in [1.165, 1.54) is 22.3 Å². The quantitative estimate of drug-likeness (QED) is 0.112. The molecule has 2 N–H and O–H groups in total. The fourth-order valence-electron chi connectivity index (χ4n) is 6.42. The largest absolute Gasteiger partial charge is 0.398 e. The predicted molar refractivity (Wildman–Crippen MR) is 247 cm³/mol. The van der Waals surface area contributed by atoms with Crippen LogP contribution in [0.5, 0.6) is 0 Å². The SMILES string of the molecule is C=C/C=C\C=C/c1ccccc1C1(C(=C)/C=C\C=C/C)CC=CCc2cccccc(C/C=C/C=C\C=C/c3ccccc3N)ccccccccccc21. The fourth-order valence-corrected chi connectivity index (χ4v) is 6.42. The lowest BCUT2D eigenvalue weighted by Crippen LogP contribution is -2.30. The van der Waals surface area contributed by atoms with E-state index in [1.54, 1.807) is 6.08 Å². The van der Waals surface area contributed by atoms with E-state index in [0.29, 0.717) is 0 Å². The topological polar surface area (TPSA) is 26.0 Å². The maximum atomic E-state index is 6.05. The third-order valence-corrected chi connectivity index (χ3v) is 9.21. The van der Waals surface area contributed by atoms with Gasteiger partial charge in [0.2, 0.25) is 0 Å². The third-order valence-electron chi connectivity index (χ3n) is 9.21. The molecule has 1 aliphatic carbocycles. The summed E-state index contributed by atoms with van der Waals surface area (Å²) in [5.41, 5.74) is 14.4. The molecule has 0 aliphatic heterocycles. The number of nitrogen functional groups attached to an aromatic ring is 1. The zero-order valence-corrected chi connectivity index (χ0v) is 32.7. The molecule has 3 aromatic carbocycles. The standard InChI is InChI=1S/C55H55N/c1-4-6-8-23-37-49-39-27-29-44-53(49)55(47(3)33-19-7-5-2)46-32-31-40-50-38-25-18-22-36-48(34-20-14-11-9-10-12-17-26-43-52(50)55)35-21-15-13-16-24-41-51-42-28-30-45-54(51)56/h4-34,36-39,41-45H,1,3,35,40,46,56H2,2H3/b7-5-,8-6-,10-9?,11-9?,12-10?,14-11?,16-13-,17-12?,20-14?,21-15+,22-18?,25-18?,26-17?,33-19-,34-20?,36-22?,37-23-,38-25?,41-24-,43-26?,48-34?,48-36?,50-38?,52-43?. The first-order chi connectivity index (χ1) is 27.6. The van der Waals surface area contributed by atoms with Gasteiger partial charge < -0.3 is 5.73 Å². The van der Waals surface area contributed by atoms with Crippen molar-refractivity contribution >= 4 is 17.8 Å². The minimum absolute atomic E-state index is 0.523. The van der Waals surface area contributed by atoms with Gasteiger partial charge in [-0.05, 0) is 71.2 Å². The minimum atomic E-state index is -0.523. The highest BCUT2D eigenvalue weighted by atomic mass is 14.5. The highest BCUT2D eigenvalue weighted by Crippen LogP contribution is 2.46. The smallest absolute Gasteiger partial charge is 0.0488 e.